The Morgan fingerprint density at radius 3 is 2.32 bits per heavy atom. The van der Waals surface area contributed by atoms with Crippen LogP contribution in [0, 0.1) is 0 Å². The van der Waals surface area contributed by atoms with E-state index in [-0.39, 0.29) is 6.10 Å². The summed E-state index contributed by atoms with van der Waals surface area (Å²) in [5.41, 5.74) is 2.30. The van der Waals surface area contributed by atoms with Crippen molar-refractivity contribution in [3.63, 3.8) is 0 Å². The van der Waals surface area contributed by atoms with Crippen LogP contribution < -0.4 is 4.74 Å². The minimum Gasteiger partial charge on any atom is -0.459 e. The molecule has 2 aromatic rings. The maximum absolute atomic E-state index is 12.5. The van der Waals surface area contributed by atoms with E-state index in [0.717, 1.165) is 5.56 Å². The molecule has 0 radical (unpaired) electrons. The Morgan fingerprint density at radius 1 is 1.04 bits per heavy atom. The van der Waals surface area contributed by atoms with Gasteiger partial charge in [0.1, 0.15) is 5.75 Å². The lowest BCUT2D eigenvalue weighted by molar-refractivity contribution is -0.130. The average molecular weight is 338 g/mol. The van der Waals surface area contributed by atoms with E-state index in [0.29, 0.717) is 28.9 Å². The summed E-state index contributed by atoms with van der Waals surface area (Å²) in [5.74, 6) is -0.618. The predicted molar refractivity (Wildman–Crippen MR) is 96.7 cm³/mol. The van der Waals surface area contributed by atoms with Crippen LogP contribution in [0.4, 0.5) is 0 Å². The third kappa shape index (κ3) is 5.05. The topological polar surface area (TPSA) is 52.6 Å². The van der Waals surface area contributed by atoms with Gasteiger partial charge in [0, 0.05) is 17.6 Å². The van der Waals surface area contributed by atoms with E-state index in [4.69, 9.17) is 9.47 Å². The number of hydrogen-bond acceptors (Lipinski definition) is 4. The van der Waals surface area contributed by atoms with Crippen LogP contribution in [0.2, 0.25) is 0 Å². The molecular formula is C21H22O4. The normalized spacial score (nSPS) is 10.4. The number of carbonyl (C=O) groups is 2. The van der Waals surface area contributed by atoms with Gasteiger partial charge in [0.25, 0.3) is 0 Å². The maximum atomic E-state index is 12.5. The van der Waals surface area contributed by atoms with E-state index in [2.05, 4.69) is 6.58 Å². The maximum Gasteiger partial charge on any atom is 0.338 e. The third-order valence-corrected chi connectivity index (χ3v) is 3.47. The molecule has 0 fully saturated rings. The summed E-state index contributed by atoms with van der Waals surface area (Å²) in [4.78, 5) is 24.4. The van der Waals surface area contributed by atoms with Crippen LogP contribution in [-0.4, -0.2) is 18.0 Å². The number of esters is 2. The number of benzene rings is 2. The molecule has 0 saturated heterocycles. The van der Waals surface area contributed by atoms with E-state index in [1.54, 1.807) is 39.0 Å². The highest BCUT2D eigenvalue weighted by molar-refractivity contribution is 5.93. The third-order valence-electron chi connectivity index (χ3n) is 3.47. The lowest BCUT2D eigenvalue weighted by atomic mass is 9.98. The van der Waals surface area contributed by atoms with Crippen LogP contribution in [0.25, 0.3) is 0 Å². The second kappa shape index (κ2) is 8.29. The van der Waals surface area contributed by atoms with Crippen LogP contribution in [-0.2, 0) is 16.0 Å². The van der Waals surface area contributed by atoms with Crippen LogP contribution in [0.5, 0.6) is 5.75 Å². The Kier molecular flexibility index (Phi) is 6.12. The molecule has 0 aliphatic carbocycles. The van der Waals surface area contributed by atoms with Crippen molar-refractivity contribution in [2.45, 2.75) is 33.3 Å². The smallest absolute Gasteiger partial charge is 0.338 e. The fraction of sp³-hybridized carbons (Fsp3) is 0.238. The van der Waals surface area contributed by atoms with Gasteiger partial charge in [0.15, 0.2) is 0 Å². The molecule has 0 spiro atoms. The van der Waals surface area contributed by atoms with E-state index in [1.807, 2.05) is 30.3 Å². The molecule has 0 amide bonds. The van der Waals surface area contributed by atoms with Crippen molar-refractivity contribution < 1.29 is 19.1 Å². The fourth-order valence-corrected chi connectivity index (χ4v) is 2.30. The first-order chi connectivity index (χ1) is 11.9. The van der Waals surface area contributed by atoms with Crippen LogP contribution in [0.3, 0.4) is 0 Å². The number of ether oxygens (including phenoxy) is 2. The summed E-state index contributed by atoms with van der Waals surface area (Å²) in [7, 11) is 0. The molecule has 4 nitrogen and oxygen atoms in total. The first kappa shape index (κ1) is 18.5. The van der Waals surface area contributed by atoms with E-state index >= 15 is 0 Å². The van der Waals surface area contributed by atoms with Crippen molar-refractivity contribution in [2.75, 3.05) is 0 Å². The van der Waals surface area contributed by atoms with Gasteiger partial charge in [-0.15, -0.1) is 0 Å². The molecule has 0 aromatic heterocycles. The monoisotopic (exact) mass is 338 g/mol. The minimum atomic E-state index is -0.524. The van der Waals surface area contributed by atoms with Crippen LogP contribution in [0.15, 0.2) is 60.7 Å². The van der Waals surface area contributed by atoms with E-state index in [1.165, 1.54) is 0 Å². The SMILES string of the molecule is C=C(C)C(=O)Oc1cccc(C(=O)OC(C)C)c1Cc1ccccc1. The molecule has 0 heterocycles. The largest absolute Gasteiger partial charge is 0.459 e. The highest BCUT2D eigenvalue weighted by Crippen LogP contribution is 2.27. The summed E-state index contributed by atoms with van der Waals surface area (Å²) < 4.78 is 10.8. The van der Waals surface area contributed by atoms with Gasteiger partial charge >= 0.3 is 11.9 Å². The van der Waals surface area contributed by atoms with Crippen molar-refractivity contribution in [3.8, 4) is 5.75 Å². The second-order valence-electron chi connectivity index (χ2n) is 6.07. The highest BCUT2D eigenvalue weighted by Gasteiger charge is 2.20. The predicted octanol–water partition coefficient (Wildman–Crippen LogP) is 4.32. The molecule has 0 aliphatic rings. The molecule has 0 bridgehead atoms. The average Bonchev–Trinajstić information content (AvgIpc) is 2.56. The Hall–Kier alpha value is -2.88. The molecule has 2 rings (SSSR count). The zero-order valence-corrected chi connectivity index (χ0v) is 14.7. The van der Waals surface area contributed by atoms with Gasteiger partial charge in [0.2, 0.25) is 0 Å². The van der Waals surface area contributed by atoms with Crippen molar-refractivity contribution >= 4 is 11.9 Å². The van der Waals surface area contributed by atoms with Gasteiger partial charge in [-0.25, -0.2) is 9.59 Å². The molecule has 0 N–H and O–H groups in total. The van der Waals surface area contributed by atoms with Crippen molar-refractivity contribution in [1.29, 1.82) is 0 Å². The Balaban J connectivity index is 2.46. The van der Waals surface area contributed by atoms with Crippen molar-refractivity contribution in [3.05, 3.63) is 77.4 Å². The molecule has 0 aliphatic heterocycles. The fourth-order valence-electron chi connectivity index (χ4n) is 2.30. The zero-order chi connectivity index (χ0) is 18.4. The van der Waals surface area contributed by atoms with Crippen molar-refractivity contribution in [2.24, 2.45) is 0 Å². The highest BCUT2D eigenvalue weighted by atomic mass is 16.5. The number of hydrogen-bond donors (Lipinski definition) is 0. The quantitative estimate of drug-likeness (QED) is 0.447. The number of rotatable bonds is 6. The Labute approximate surface area is 148 Å². The number of carbonyl (C=O) groups excluding carboxylic acids is 2. The molecular weight excluding hydrogens is 316 g/mol. The summed E-state index contributed by atoms with van der Waals surface area (Å²) in [6.07, 6.45) is 0.210. The van der Waals surface area contributed by atoms with Gasteiger partial charge < -0.3 is 9.47 Å². The van der Waals surface area contributed by atoms with Gasteiger partial charge in [-0.3, -0.25) is 0 Å². The standard InChI is InChI=1S/C21H22O4/c1-14(2)20(22)25-19-12-8-11-17(21(23)24-15(3)4)18(19)13-16-9-6-5-7-10-16/h5-12,15H,1,13H2,2-4H3. The van der Waals surface area contributed by atoms with Crippen molar-refractivity contribution in [1.82, 2.24) is 0 Å². The van der Waals surface area contributed by atoms with Gasteiger partial charge in [-0.2, -0.15) is 0 Å². The summed E-state index contributed by atoms with van der Waals surface area (Å²) in [6.45, 7) is 8.76. The molecule has 2 aromatic carbocycles. The summed E-state index contributed by atoms with van der Waals surface area (Å²) >= 11 is 0. The first-order valence-corrected chi connectivity index (χ1v) is 8.13. The van der Waals surface area contributed by atoms with Gasteiger partial charge in [0.05, 0.1) is 11.7 Å². The van der Waals surface area contributed by atoms with Gasteiger partial charge in [-0.05, 0) is 38.5 Å². The molecule has 0 atom stereocenters. The molecule has 130 valence electrons. The van der Waals surface area contributed by atoms with Crippen LogP contribution >= 0.6 is 0 Å². The minimum absolute atomic E-state index is 0.237. The summed E-state index contributed by atoms with van der Waals surface area (Å²) in [6, 6.07) is 14.7. The molecule has 0 unspecified atom stereocenters. The lowest BCUT2D eigenvalue weighted by Crippen LogP contribution is -2.16. The van der Waals surface area contributed by atoms with E-state index in [9.17, 15) is 9.59 Å². The zero-order valence-electron chi connectivity index (χ0n) is 14.7. The van der Waals surface area contributed by atoms with Gasteiger partial charge in [-0.1, -0.05) is 43.0 Å². The summed E-state index contributed by atoms with van der Waals surface area (Å²) in [5, 5.41) is 0. The Bertz CT molecular complexity index is 776. The molecule has 25 heavy (non-hydrogen) atoms. The Morgan fingerprint density at radius 2 is 1.72 bits per heavy atom. The van der Waals surface area contributed by atoms with E-state index < -0.39 is 11.9 Å². The second-order valence-corrected chi connectivity index (χ2v) is 6.07. The van der Waals surface area contributed by atoms with Crippen LogP contribution in [0.1, 0.15) is 42.3 Å². The molecule has 0 saturated carbocycles. The lowest BCUT2D eigenvalue weighted by Gasteiger charge is -2.15. The molecule has 4 heteroatoms. The first-order valence-electron chi connectivity index (χ1n) is 8.13.